The van der Waals surface area contributed by atoms with Gasteiger partial charge in [0, 0.05) is 0 Å². The van der Waals surface area contributed by atoms with Crippen molar-refractivity contribution in [2.24, 2.45) is 9.98 Å². The number of hydrogen-bond acceptors (Lipinski definition) is 3. The molecule has 0 unspecified atom stereocenters. The normalized spacial score (nSPS) is 19.7. The van der Waals surface area contributed by atoms with Crippen LogP contribution < -0.4 is 0 Å². The SMILES string of the molecule is O=C([N+]1=CC=NC1)[N+]1=CC=NC1. The number of aliphatic imine (C=N–C) groups is 2. The standard InChI is InChI=1S/C7H8N4O/c12-7(10-3-1-8-5-10)11-4-2-9-6-11/h1-4H,5-6H2/q+2. The van der Waals surface area contributed by atoms with Gasteiger partial charge in [0.1, 0.15) is 0 Å². The largest absolute Gasteiger partial charge is 0.675 e. The lowest BCUT2D eigenvalue weighted by Crippen LogP contribution is -2.29. The molecule has 0 aromatic heterocycles. The third-order valence-corrected chi connectivity index (χ3v) is 1.66. The van der Waals surface area contributed by atoms with E-state index in [0.29, 0.717) is 13.3 Å². The molecule has 0 aromatic carbocycles. The molecule has 0 bridgehead atoms. The summed E-state index contributed by atoms with van der Waals surface area (Å²) in [4.78, 5) is 19.3. The summed E-state index contributed by atoms with van der Waals surface area (Å²) in [5.41, 5.74) is 0. The molecule has 0 fully saturated rings. The number of carbonyl (C=O) groups is 1. The van der Waals surface area contributed by atoms with Gasteiger partial charge in [-0.05, 0) is 0 Å². The monoisotopic (exact) mass is 164 g/mol. The summed E-state index contributed by atoms with van der Waals surface area (Å²) in [5.74, 6) is 0. The van der Waals surface area contributed by atoms with Crippen LogP contribution in [0.2, 0.25) is 0 Å². The van der Waals surface area contributed by atoms with E-state index in [-0.39, 0.29) is 6.03 Å². The first-order chi connectivity index (χ1) is 5.88. The molecule has 0 aromatic rings. The maximum Gasteiger partial charge on any atom is 0.675 e. The molecule has 0 radical (unpaired) electrons. The van der Waals surface area contributed by atoms with Gasteiger partial charge in [-0.1, -0.05) is 9.15 Å². The van der Waals surface area contributed by atoms with E-state index < -0.39 is 0 Å². The Morgan fingerprint density at radius 3 is 1.92 bits per heavy atom. The summed E-state index contributed by atoms with van der Waals surface area (Å²) >= 11 is 0. The Balaban J connectivity index is 2.11. The van der Waals surface area contributed by atoms with Gasteiger partial charge in [0.25, 0.3) is 13.3 Å². The fourth-order valence-electron chi connectivity index (χ4n) is 1.03. The first kappa shape index (κ1) is 7.02. The molecule has 0 saturated heterocycles. The molecule has 0 saturated carbocycles. The van der Waals surface area contributed by atoms with E-state index in [4.69, 9.17) is 0 Å². The molecule has 0 aliphatic carbocycles. The van der Waals surface area contributed by atoms with E-state index in [1.54, 1.807) is 24.9 Å². The molecule has 2 rings (SSSR count). The number of urea groups is 1. The van der Waals surface area contributed by atoms with Crippen LogP contribution in [0.1, 0.15) is 0 Å². The predicted molar refractivity (Wildman–Crippen MR) is 44.8 cm³/mol. The summed E-state index contributed by atoms with van der Waals surface area (Å²) in [6.45, 7) is 0.840. The van der Waals surface area contributed by atoms with Gasteiger partial charge in [-0.25, -0.2) is 9.98 Å². The molecule has 5 nitrogen and oxygen atoms in total. The van der Waals surface area contributed by atoms with Crippen LogP contribution in [0.3, 0.4) is 0 Å². The fourth-order valence-corrected chi connectivity index (χ4v) is 1.03. The number of carbonyl (C=O) groups excluding carboxylic acids is 1. The summed E-state index contributed by atoms with van der Waals surface area (Å²) in [7, 11) is 0. The average molecular weight is 164 g/mol. The molecule has 60 valence electrons. The van der Waals surface area contributed by atoms with Gasteiger partial charge < -0.3 is 0 Å². The minimum absolute atomic E-state index is 0.0787. The molecule has 2 heterocycles. The molecule has 0 N–H and O–H groups in total. The van der Waals surface area contributed by atoms with Gasteiger partial charge in [0.05, 0.1) is 12.4 Å². The second-order valence-electron chi connectivity index (χ2n) is 2.47. The Kier molecular flexibility index (Phi) is 1.62. The van der Waals surface area contributed by atoms with E-state index in [1.807, 2.05) is 0 Å². The van der Waals surface area contributed by atoms with Crippen LogP contribution in [0.15, 0.2) is 9.98 Å². The zero-order valence-electron chi connectivity index (χ0n) is 6.42. The molecule has 2 aliphatic rings. The molecule has 2 aliphatic heterocycles. The maximum atomic E-state index is 11.5. The van der Waals surface area contributed by atoms with Crippen LogP contribution in [-0.2, 0) is 0 Å². The van der Waals surface area contributed by atoms with Gasteiger partial charge in [0.2, 0.25) is 0 Å². The zero-order chi connectivity index (χ0) is 8.39. The van der Waals surface area contributed by atoms with Crippen molar-refractivity contribution >= 4 is 30.9 Å². The van der Waals surface area contributed by atoms with Crippen molar-refractivity contribution in [3.8, 4) is 0 Å². The summed E-state index contributed by atoms with van der Waals surface area (Å²) in [5, 5.41) is 0. The minimum Gasteiger partial charge on any atom is -0.221 e. The van der Waals surface area contributed by atoms with Crippen molar-refractivity contribution < 1.29 is 13.9 Å². The van der Waals surface area contributed by atoms with Crippen molar-refractivity contribution in [1.82, 2.24) is 0 Å². The van der Waals surface area contributed by atoms with E-state index in [9.17, 15) is 4.79 Å². The molecule has 2 amide bonds. The molecular formula is C7H8N4O+2. The Morgan fingerprint density at radius 1 is 1.08 bits per heavy atom. The number of hydrogen-bond donors (Lipinski definition) is 0. The molecule has 12 heavy (non-hydrogen) atoms. The van der Waals surface area contributed by atoms with Gasteiger partial charge in [-0.15, -0.1) is 0 Å². The average Bonchev–Trinajstić information content (AvgIpc) is 2.77. The highest BCUT2D eigenvalue weighted by atomic mass is 16.2. The zero-order valence-corrected chi connectivity index (χ0v) is 6.42. The van der Waals surface area contributed by atoms with Crippen LogP contribution in [0.25, 0.3) is 0 Å². The van der Waals surface area contributed by atoms with E-state index in [1.165, 1.54) is 9.15 Å². The summed E-state index contributed by atoms with van der Waals surface area (Å²) in [6, 6.07) is -0.0787. The highest BCUT2D eigenvalue weighted by Gasteiger charge is 2.32. The predicted octanol–water partition coefficient (Wildman–Crippen LogP) is -0.643. The maximum absolute atomic E-state index is 11.5. The molecule has 0 atom stereocenters. The van der Waals surface area contributed by atoms with Crippen LogP contribution in [0.4, 0.5) is 4.79 Å². The van der Waals surface area contributed by atoms with Crippen molar-refractivity contribution in [3.05, 3.63) is 0 Å². The quantitative estimate of drug-likeness (QED) is 0.439. The number of rotatable bonds is 0. The topological polar surface area (TPSA) is 47.8 Å². The highest BCUT2D eigenvalue weighted by molar-refractivity contribution is 6.16. The van der Waals surface area contributed by atoms with E-state index in [0.717, 1.165) is 0 Å². The fraction of sp³-hybridized carbons (Fsp3) is 0.286. The Bertz CT molecular complexity index is 305. The number of nitrogens with zero attached hydrogens (tertiary/aromatic N) is 4. The second kappa shape index (κ2) is 2.77. The second-order valence-corrected chi connectivity index (χ2v) is 2.47. The lowest BCUT2D eigenvalue weighted by molar-refractivity contribution is -0.561. The van der Waals surface area contributed by atoms with Gasteiger partial charge in [-0.3, -0.25) is 0 Å². The Morgan fingerprint density at radius 2 is 1.58 bits per heavy atom. The third-order valence-electron chi connectivity index (χ3n) is 1.66. The van der Waals surface area contributed by atoms with E-state index in [2.05, 4.69) is 9.98 Å². The Hall–Kier alpha value is -1.65. The van der Waals surface area contributed by atoms with Gasteiger partial charge >= 0.3 is 6.03 Å². The molecule has 0 spiro atoms. The van der Waals surface area contributed by atoms with Crippen LogP contribution in [-0.4, -0.2) is 53.4 Å². The summed E-state index contributed by atoms with van der Waals surface area (Å²) < 4.78 is 3.07. The Labute approximate surface area is 69.1 Å². The lowest BCUT2D eigenvalue weighted by atomic mass is 10.7. The minimum atomic E-state index is -0.0787. The highest BCUT2D eigenvalue weighted by Crippen LogP contribution is 1.91. The smallest absolute Gasteiger partial charge is 0.221 e. The molecule has 5 heteroatoms. The van der Waals surface area contributed by atoms with Crippen molar-refractivity contribution in [3.63, 3.8) is 0 Å². The first-order valence-electron chi connectivity index (χ1n) is 3.62. The van der Waals surface area contributed by atoms with E-state index >= 15 is 0 Å². The van der Waals surface area contributed by atoms with Crippen molar-refractivity contribution in [2.75, 3.05) is 13.3 Å². The summed E-state index contributed by atoms with van der Waals surface area (Å²) in [6.07, 6.45) is 6.56. The van der Waals surface area contributed by atoms with Crippen LogP contribution in [0.5, 0.6) is 0 Å². The first-order valence-corrected chi connectivity index (χ1v) is 3.62. The van der Waals surface area contributed by atoms with Gasteiger partial charge in [-0.2, -0.15) is 4.79 Å². The van der Waals surface area contributed by atoms with Crippen LogP contribution in [0, 0.1) is 0 Å². The van der Waals surface area contributed by atoms with Gasteiger partial charge in [0.15, 0.2) is 12.4 Å². The van der Waals surface area contributed by atoms with Crippen molar-refractivity contribution in [1.29, 1.82) is 0 Å². The lowest BCUT2D eigenvalue weighted by Gasteiger charge is -1.87. The van der Waals surface area contributed by atoms with Crippen molar-refractivity contribution in [2.45, 2.75) is 0 Å². The van der Waals surface area contributed by atoms with Crippen LogP contribution >= 0.6 is 0 Å². The number of amides is 2. The third kappa shape index (κ3) is 1.09. The molecular weight excluding hydrogens is 156 g/mol.